The van der Waals surface area contributed by atoms with Crippen molar-refractivity contribution in [2.24, 2.45) is 11.8 Å². The molecule has 0 radical (unpaired) electrons. The number of aryl methyl sites for hydroxylation is 1. The number of hydrogen-bond donors (Lipinski definition) is 1. The van der Waals surface area contributed by atoms with E-state index in [0.717, 1.165) is 43.4 Å². The predicted octanol–water partition coefficient (Wildman–Crippen LogP) is 0.689. The number of aliphatic hydroxyl groups is 1. The fourth-order valence-electron chi connectivity index (χ4n) is 3.01. The normalized spacial score (nSPS) is 31.9. The highest BCUT2D eigenvalue weighted by Crippen LogP contribution is 2.38. The van der Waals surface area contributed by atoms with Crippen LogP contribution in [-0.2, 0) is 0 Å². The Morgan fingerprint density at radius 2 is 2.00 bits per heavy atom. The number of aromatic nitrogens is 2. The summed E-state index contributed by atoms with van der Waals surface area (Å²) in [5.74, 6) is 0.946. The van der Waals surface area contributed by atoms with E-state index in [4.69, 9.17) is 0 Å². The number of likely N-dealkylation sites (tertiary alicyclic amines) is 1. The molecule has 1 amide bonds. The van der Waals surface area contributed by atoms with Gasteiger partial charge in [-0.2, -0.15) is 8.75 Å². The zero-order valence-corrected chi connectivity index (χ0v) is 10.5. The van der Waals surface area contributed by atoms with Crippen molar-refractivity contribution >= 4 is 17.6 Å². The molecule has 1 aliphatic heterocycles. The monoisotopic (exact) mass is 253 g/mol. The second-order valence-corrected chi connectivity index (χ2v) is 5.58. The van der Waals surface area contributed by atoms with Gasteiger partial charge in [-0.15, -0.1) is 0 Å². The third-order valence-corrected chi connectivity index (χ3v) is 4.49. The standard InChI is InChI=1S/C11H15N3O2S/c1-6-10(13-17-12-6)11(16)14-4-7-2-9(15)3-8(7)5-14/h7-9,15H,2-5H2,1H3/t7-,8+,9?. The summed E-state index contributed by atoms with van der Waals surface area (Å²) in [5, 5.41) is 9.56. The van der Waals surface area contributed by atoms with Gasteiger partial charge in [0.25, 0.3) is 5.91 Å². The first-order valence-electron chi connectivity index (χ1n) is 5.91. The third-order valence-electron chi connectivity index (χ3n) is 3.87. The van der Waals surface area contributed by atoms with Crippen LogP contribution in [0, 0.1) is 18.8 Å². The second-order valence-electron chi connectivity index (χ2n) is 5.05. The maximum absolute atomic E-state index is 12.2. The zero-order valence-electron chi connectivity index (χ0n) is 9.67. The molecule has 1 N–H and O–H groups in total. The van der Waals surface area contributed by atoms with Crippen molar-refractivity contribution in [2.75, 3.05) is 13.1 Å². The number of carbonyl (C=O) groups excluding carboxylic acids is 1. The van der Waals surface area contributed by atoms with Crippen molar-refractivity contribution in [2.45, 2.75) is 25.9 Å². The number of hydrogen-bond acceptors (Lipinski definition) is 5. The third kappa shape index (κ3) is 1.85. The lowest BCUT2D eigenvalue weighted by Gasteiger charge is -2.16. The summed E-state index contributed by atoms with van der Waals surface area (Å²) in [6.45, 7) is 3.34. The van der Waals surface area contributed by atoms with E-state index in [2.05, 4.69) is 8.75 Å². The van der Waals surface area contributed by atoms with Gasteiger partial charge in [-0.25, -0.2) is 0 Å². The maximum atomic E-state index is 12.2. The first-order chi connectivity index (χ1) is 8.15. The molecule has 1 unspecified atom stereocenters. The van der Waals surface area contributed by atoms with E-state index in [1.165, 1.54) is 0 Å². The SMILES string of the molecule is Cc1nsnc1C(=O)N1C[C@H]2CC(O)C[C@H]2C1. The number of rotatable bonds is 1. The molecule has 1 aromatic heterocycles. The number of fused-ring (bicyclic) bond motifs is 1. The summed E-state index contributed by atoms with van der Waals surface area (Å²) in [5.41, 5.74) is 1.22. The lowest BCUT2D eigenvalue weighted by Crippen LogP contribution is -2.31. The van der Waals surface area contributed by atoms with Gasteiger partial charge in [-0.1, -0.05) is 0 Å². The van der Waals surface area contributed by atoms with Gasteiger partial charge in [0.1, 0.15) is 0 Å². The van der Waals surface area contributed by atoms with Gasteiger partial charge in [0, 0.05) is 13.1 Å². The fourth-order valence-corrected chi connectivity index (χ4v) is 3.55. The fraction of sp³-hybridized carbons (Fsp3) is 0.727. The molecule has 0 spiro atoms. The average molecular weight is 253 g/mol. The Hall–Kier alpha value is -1.01. The van der Waals surface area contributed by atoms with E-state index < -0.39 is 0 Å². The van der Waals surface area contributed by atoms with Gasteiger partial charge < -0.3 is 10.0 Å². The minimum Gasteiger partial charge on any atom is -0.393 e. The molecule has 1 saturated heterocycles. The summed E-state index contributed by atoms with van der Waals surface area (Å²) in [6, 6.07) is 0. The molecule has 2 fully saturated rings. The Morgan fingerprint density at radius 1 is 1.35 bits per heavy atom. The predicted molar refractivity (Wildman–Crippen MR) is 62.8 cm³/mol. The first-order valence-corrected chi connectivity index (χ1v) is 6.64. The van der Waals surface area contributed by atoms with Crippen molar-refractivity contribution in [1.82, 2.24) is 13.6 Å². The number of amides is 1. The van der Waals surface area contributed by atoms with Gasteiger partial charge >= 0.3 is 0 Å². The van der Waals surface area contributed by atoms with Crippen molar-refractivity contribution in [3.05, 3.63) is 11.4 Å². The van der Waals surface area contributed by atoms with Crippen LogP contribution in [0.15, 0.2) is 0 Å². The van der Waals surface area contributed by atoms with Crippen molar-refractivity contribution in [1.29, 1.82) is 0 Å². The summed E-state index contributed by atoms with van der Waals surface area (Å²) in [4.78, 5) is 14.1. The molecule has 92 valence electrons. The smallest absolute Gasteiger partial charge is 0.275 e. The van der Waals surface area contributed by atoms with Crippen LogP contribution >= 0.6 is 11.7 Å². The Morgan fingerprint density at radius 3 is 2.53 bits per heavy atom. The Labute approximate surface area is 104 Å². The molecule has 3 atom stereocenters. The largest absolute Gasteiger partial charge is 0.393 e. The number of carbonyl (C=O) groups is 1. The van der Waals surface area contributed by atoms with Crippen LogP contribution in [0.3, 0.4) is 0 Å². The van der Waals surface area contributed by atoms with Gasteiger partial charge in [0.2, 0.25) is 0 Å². The Bertz CT molecular complexity index is 434. The molecule has 0 bridgehead atoms. The molecule has 5 nitrogen and oxygen atoms in total. The van der Waals surface area contributed by atoms with Crippen molar-refractivity contribution in [3.8, 4) is 0 Å². The summed E-state index contributed by atoms with van der Waals surface area (Å²) >= 11 is 1.09. The highest BCUT2D eigenvalue weighted by molar-refractivity contribution is 6.99. The van der Waals surface area contributed by atoms with E-state index in [1.807, 2.05) is 11.8 Å². The molecule has 1 aromatic rings. The summed E-state index contributed by atoms with van der Waals surface area (Å²) in [7, 11) is 0. The highest BCUT2D eigenvalue weighted by atomic mass is 32.1. The van der Waals surface area contributed by atoms with Crippen LogP contribution in [0.5, 0.6) is 0 Å². The molecule has 1 saturated carbocycles. The van der Waals surface area contributed by atoms with Crippen LogP contribution in [0.2, 0.25) is 0 Å². The Kier molecular flexibility index (Phi) is 2.63. The van der Waals surface area contributed by atoms with Gasteiger partial charge in [-0.3, -0.25) is 4.79 Å². The minimum absolute atomic E-state index is 0.000129. The highest BCUT2D eigenvalue weighted by Gasteiger charge is 2.42. The molecular weight excluding hydrogens is 238 g/mol. The molecule has 17 heavy (non-hydrogen) atoms. The van der Waals surface area contributed by atoms with E-state index in [9.17, 15) is 9.90 Å². The number of nitrogens with zero attached hydrogens (tertiary/aromatic N) is 3. The number of aliphatic hydroxyl groups excluding tert-OH is 1. The molecule has 0 aromatic carbocycles. The quantitative estimate of drug-likeness (QED) is 0.799. The van der Waals surface area contributed by atoms with Crippen LogP contribution in [0.25, 0.3) is 0 Å². The minimum atomic E-state index is -0.162. The van der Waals surface area contributed by atoms with Crippen LogP contribution in [0.1, 0.15) is 29.0 Å². The van der Waals surface area contributed by atoms with Gasteiger partial charge in [0.05, 0.1) is 23.5 Å². The van der Waals surface area contributed by atoms with Crippen molar-refractivity contribution < 1.29 is 9.90 Å². The second kappa shape index (κ2) is 4.03. The summed E-state index contributed by atoms with van der Waals surface area (Å²) in [6.07, 6.45) is 1.51. The molecule has 3 rings (SSSR count). The Balaban J connectivity index is 1.72. The first kappa shape index (κ1) is 11.1. The molecule has 2 aliphatic rings. The lowest BCUT2D eigenvalue weighted by atomic mass is 10.0. The van der Waals surface area contributed by atoms with E-state index in [1.54, 1.807) is 0 Å². The van der Waals surface area contributed by atoms with Gasteiger partial charge in [0.15, 0.2) is 5.69 Å². The van der Waals surface area contributed by atoms with E-state index >= 15 is 0 Å². The molecule has 1 aliphatic carbocycles. The van der Waals surface area contributed by atoms with Crippen molar-refractivity contribution in [3.63, 3.8) is 0 Å². The zero-order chi connectivity index (χ0) is 12.0. The summed E-state index contributed by atoms with van der Waals surface area (Å²) < 4.78 is 8.10. The van der Waals surface area contributed by atoms with E-state index in [-0.39, 0.29) is 12.0 Å². The van der Waals surface area contributed by atoms with Crippen LogP contribution in [0.4, 0.5) is 0 Å². The van der Waals surface area contributed by atoms with E-state index in [0.29, 0.717) is 17.5 Å². The average Bonchev–Trinajstić information content (AvgIpc) is 2.90. The van der Waals surface area contributed by atoms with Crippen LogP contribution in [-0.4, -0.2) is 43.9 Å². The molecular formula is C11H15N3O2S. The topological polar surface area (TPSA) is 66.3 Å². The molecule has 2 heterocycles. The lowest BCUT2D eigenvalue weighted by molar-refractivity contribution is 0.0759. The van der Waals surface area contributed by atoms with Crippen LogP contribution < -0.4 is 0 Å². The molecule has 6 heteroatoms. The van der Waals surface area contributed by atoms with Gasteiger partial charge in [-0.05, 0) is 31.6 Å². The maximum Gasteiger partial charge on any atom is 0.275 e.